The quantitative estimate of drug-likeness (QED) is 0.506. The zero-order valence-electron chi connectivity index (χ0n) is 7.61. The smallest absolute Gasteiger partial charge is 0.161 e. The van der Waals surface area contributed by atoms with Gasteiger partial charge in [-0.25, -0.2) is 0 Å². The maximum absolute atomic E-state index is 11.4. The summed E-state index contributed by atoms with van der Waals surface area (Å²) in [4.78, 5) is 11.4. The molecule has 0 fully saturated rings. The number of ketones is 1. The predicted molar refractivity (Wildman–Crippen MR) is 43.3 cm³/mol. The van der Waals surface area contributed by atoms with Crippen molar-refractivity contribution in [2.24, 2.45) is 11.3 Å². The standard InChI is InChI=1S/C8H16O4/c1-5(7(11)12)6(10)8(2,3)4-9/h5,7,9,11-12H,4H2,1-3H3. The molecule has 0 aliphatic rings. The molecular weight excluding hydrogens is 160 g/mol. The van der Waals surface area contributed by atoms with E-state index in [1.807, 2.05) is 0 Å². The summed E-state index contributed by atoms with van der Waals surface area (Å²) in [5.74, 6) is -1.20. The maximum Gasteiger partial charge on any atom is 0.161 e. The molecule has 0 amide bonds. The van der Waals surface area contributed by atoms with Crippen LogP contribution in [0.2, 0.25) is 0 Å². The van der Waals surface area contributed by atoms with Gasteiger partial charge in [0.15, 0.2) is 6.29 Å². The number of carbonyl (C=O) groups excluding carboxylic acids is 1. The molecule has 0 spiro atoms. The van der Waals surface area contributed by atoms with E-state index < -0.39 is 17.6 Å². The minimum atomic E-state index is -1.65. The average molecular weight is 176 g/mol. The minimum absolute atomic E-state index is 0.289. The molecule has 0 saturated carbocycles. The Balaban J connectivity index is 4.39. The normalized spacial score (nSPS) is 14.9. The Morgan fingerprint density at radius 3 is 2.08 bits per heavy atom. The van der Waals surface area contributed by atoms with Crippen molar-refractivity contribution in [1.29, 1.82) is 0 Å². The molecular formula is C8H16O4. The summed E-state index contributed by atoms with van der Waals surface area (Å²) in [5.41, 5.74) is -0.900. The van der Waals surface area contributed by atoms with Crippen molar-refractivity contribution in [2.75, 3.05) is 6.61 Å². The van der Waals surface area contributed by atoms with Gasteiger partial charge in [0.2, 0.25) is 0 Å². The van der Waals surface area contributed by atoms with Crippen LogP contribution >= 0.6 is 0 Å². The van der Waals surface area contributed by atoms with E-state index in [2.05, 4.69) is 0 Å². The first-order valence-corrected chi connectivity index (χ1v) is 3.84. The second-order valence-corrected chi connectivity index (χ2v) is 3.61. The fourth-order valence-electron chi connectivity index (χ4n) is 0.830. The fourth-order valence-corrected chi connectivity index (χ4v) is 0.830. The van der Waals surface area contributed by atoms with E-state index in [9.17, 15) is 4.79 Å². The van der Waals surface area contributed by atoms with Gasteiger partial charge in [0.1, 0.15) is 5.78 Å². The number of carbonyl (C=O) groups is 1. The zero-order chi connectivity index (χ0) is 9.94. The van der Waals surface area contributed by atoms with Gasteiger partial charge in [-0.05, 0) is 0 Å². The van der Waals surface area contributed by atoms with Gasteiger partial charge in [-0.1, -0.05) is 20.8 Å². The first kappa shape index (κ1) is 11.6. The van der Waals surface area contributed by atoms with Gasteiger partial charge >= 0.3 is 0 Å². The highest BCUT2D eigenvalue weighted by Gasteiger charge is 2.33. The Labute approximate surface area is 71.8 Å². The second-order valence-electron chi connectivity index (χ2n) is 3.61. The van der Waals surface area contributed by atoms with Crippen LogP contribution in [-0.4, -0.2) is 34.0 Å². The van der Waals surface area contributed by atoms with Crippen molar-refractivity contribution < 1.29 is 20.1 Å². The van der Waals surface area contributed by atoms with Crippen LogP contribution in [0.3, 0.4) is 0 Å². The topological polar surface area (TPSA) is 77.8 Å². The molecule has 1 atom stereocenters. The maximum atomic E-state index is 11.4. The zero-order valence-corrected chi connectivity index (χ0v) is 7.61. The largest absolute Gasteiger partial charge is 0.395 e. The van der Waals surface area contributed by atoms with Crippen LogP contribution in [0, 0.1) is 11.3 Å². The lowest BCUT2D eigenvalue weighted by Crippen LogP contribution is -2.38. The summed E-state index contributed by atoms with van der Waals surface area (Å²) in [5, 5.41) is 26.2. The Morgan fingerprint density at radius 2 is 1.83 bits per heavy atom. The Hall–Kier alpha value is -0.450. The lowest BCUT2D eigenvalue weighted by molar-refractivity contribution is -0.147. The summed E-state index contributed by atoms with van der Waals surface area (Å²) in [7, 11) is 0. The summed E-state index contributed by atoms with van der Waals surface area (Å²) < 4.78 is 0. The molecule has 12 heavy (non-hydrogen) atoms. The van der Waals surface area contributed by atoms with E-state index in [1.54, 1.807) is 13.8 Å². The third-order valence-corrected chi connectivity index (χ3v) is 1.92. The first-order valence-electron chi connectivity index (χ1n) is 3.84. The fraction of sp³-hybridized carbons (Fsp3) is 0.875. The van der Waals surface area contributed by atoms with Gasteiger partial charge in [0.05, 0.1) is 12.5 Å². The predicted octanol–water partition coefficient (Wildman–Crippen LogP) is -0.479. The van der Waals surface area contributed by atoms with E-state index >= 15 is 0 Å². The van der Waals surface area contributed by atoms with Crippen LogP contribution in [0.25, 0.3) is 0 Å². The summed E-state index contributed by atoms with van der Waals surface area (Å²) >= 11 is 0. The number of aliphatic hydroxyl groups excluding tert-OH is 2. The molecule has 0 bridgehead atoms. The molecule has 1 unspecified atom stereocenters. The monoisotopic (exact) mass is 176 g/mol. The molecule has 0 aromatic rings. The van der Waals surface area contributed by atoms with Crippen molar-refractivity contribution in [3.63, 3.8) is 0 Å². The molecule has 0 radical (unpaired) electrons. The molecule has 72 valence electrons. The van der Waals surface area contributed by atoms with Crippen molar-refractivity contribution in [2.45, 2.75) is 27.1 Å². The molecule has 0 aromatic carbocycles. The summed E-state index contributed by atoms with van der Waals surface area (Å²) in [6.07, 6.45) is -1.65. The van der Waals surface area contributed by atoms with Crippen LogP contribution in [0.5, 0.6) is 0 Å². The van der Waals surface area contributed by atoms with Gasteiger partial charge in [-0.3, -0.25) is 4.79 Å². The van der Waals surface area contributed by atoms with Crippen molar-refractivity contribution in [3.8, 4) is 0 Å². The van der Waals surface area contributed by atoms with Crippen LogP contribution < -0.4 is 0 Å². The molecule has 0 aliphatic heterocycles. The van der Waals surface area contributed by atoms with Crippen LogP contribution in [-0.2, 0) is 4.79 Å². The third-order valence-electron chi connectivity index (χ3n) is 1.92. The van der Waals surface area contributed by atoms with Crippen molar-refractivity contribution >= 4 is 5.78 Å². The Bertz CT molecular complexity index is 162. The lowest BCUT2D eigenvalue weighted by Gasteiger charge is -2.24. The molecule has 0 aromatic heterocycles. The number of aliphatic hydroxyl groups is 3. The number of hydrogen-bond donors (Lipinski definition) is 3. The van der Waals surface area contributed by atoms with E-state index in [-0.39, 0.29) is 12.4 Å². The molecule has 0 aliphatic carbocycles. The molecule has 0 heterocycles. The highest BCUT2D eigenvalue weighted by molar-refractivity contribution is 5.86. The van der Waals surface area contributed by atoms with E-state index in [1.165, 1.54) is 6.92 Å². The van der Waals surface area contributed by atoms with E-state index in [4.69, 9.17) is 15.3 Å². The van der Waals surface area contributed by atoms with Gasteiger partial charge in [0, 0.05) is 5.41 Å². The first-order chi connectivity index (χ1) is 5.33. The van der Waals surface area contributed by atoms with Crippen molar-refractivity contribution in [3.05, 3.63) is 0 Å². The minimum Gasteiger partial charge on any atom is -0.395 e. The summed E-state index contributed by atoms with van der Waals surface area (Å²) in [6, 6.07) is 0. The van der Waals surface area contributed by atoms with Crippen LogP contribution in [0.15, 0.2) is 0 Å². The highest BCUT2D eigenvalue weighted by Crippen LogP contribution is 2.21. The molecule has 4 heteroatoms. The van der Waals surface area contributed by atoms with Gasteiger partial charge < -0.3 is 15.3 Å². The molecule has 4 nitrogen and oxygen atoms in total. The van der Waals surface area contributed by atoms with Crippen LogP contribution in [0.1, 0.15) is 20.8 Å². The number of Topliss-reactive ketones (excluding diaryl/α,β-unsaturated/α-hetero) is 1. The molecule has 3 N–H and O–H groups in total. The van der Waals surface area contributed by atoms with Crippen molar-refractivity contribution in [1.82, 2.24) is 0 Å². The lowest BCUT2D eigenvalue weighted by atomic mass is 9.82. The summed E-state index contributed by atoms with van der Waals surface area (Å²) in [6.45, 7) is 4.26. The SMILES string of the molecule is CC(C(=O)C(C)(C)CO)C(O)O. The third kappa shape index (κ3) is 2.55. The average Bonchev–Trinajstić information content (AvgIpc) is 2.01. The number of rotatable bonds is 4. The van der Waals surface area contributed by atoms with Gasteiger partial charge in [0.25, 0.3) is 0 Å². The van der Waals surface area contributed by atoms with E-state index in [0.29, 0.717) is 0 Å². The van der Waals surface area contributed by atoms with Crippen LogP contribution in [0.4, 0.5) is 0 Å². The Kier molecular flexibility index (Phi) is 3.83. The molecule has 0 rings (SSSR count). The second kappa shape index (κ2) is 3.98. The number of hydrogen-bond acceptors (Lipinski definition) is 4. The highest BCUT2D eigenvalue weighted by atomic mass is 16.5. The Morgan fingerprint density at radius 1 is 1.42 bits per heavy atom. The molecule has 0 saturated heterocycles. The van der Waals surface area contributed by atoms with E-state index in [0.717, 1.165) is 0 Å². The van der Waals surface area contributed by atoms with Gasteiger partial charge in [-0.15, -0.1) is 0 Å². The van der Waals surface area contributed by atoms with Gasteiger partial charge in [-0.2, -0.15) is 0 Å².